The van der Waals surface area contributed by atoms with Gasteiger partial charge in [-0.15, -0.1) is 0 Å². The molecular formula is C15H21NO3. The fourth-order valence-electron chi connectivity index (χ4n) is 2.48. The van der Waals surface area contributed by atoms with E-state index in [0.29, 0.717) is 6.61 Å². The zero-order valence-electron chi connectivity index (χ0n) is 11.3. The van der Waals surface area contributed by atoms with Crippen LogP contribution in [0, 0.1) is 0 Å². The summed E-state index contributed by atoms with van der Waals surface area (Å²) in [7, 11) is 2.06. The Hall–Kier alpha value is -1.39. The van der Waals surface area contributed by atoms with Gasteiger partial charge in [-0.2, -0.15) is 0 Å². The maximum Gasteiger partial charge on any atom is 0.306 e. The molecule has 19 heavy (non-hydrogen) atoms. The number of benzene rings is 1. The smallest absolute Gasteiger partial charge is 0.306 e. The Morgan fingerprint density at radius 2 is 1.95 bits per heavy atom. The predicted molar refractivity (Wildman–Crippen MR) is 72.9 cm³/mol. The molecule has 1 N–H and O–H groups in total. The maximum absolute atomic E-state index is 11.1. The number of ether oxygens (including phenoxy) is 1. The van der Waals surface area contributed by atoms with Gasteiger partial charge in [0.05, 0.1) is 18.6 Å². The van der Waals surface area contributed by atoms with Crippen LogP contribution in [0.1, 0.15) is 24.8 Å². The third-order valence-corrected chi connectivity index (χ3v) is 3.76. The van der Waals surface area contributed by atoms with Gasteiger partial charge in [-0.25, -0.2) is 0 Å². The fraction of sp³-hybridized carbons (Fsp3) is 0.533. The second-order valence-electron chi connectivity index (χ2n) is 5.33. The second kappa shape index (κ2) is 6.17. The number of carboxylic acids is 1. The van der Waals surface area contributed by atoms with Crippen LogP contribution in [0.4, 0.5) is 0 Å². The van der Waals surface area contributed by atoms with Gasteiger partial charge in [0.15, 0.2) is 0 Å². The number of piperidine rings is 1. The van der Waals surface area contributed by atoms with Crippen molar-refractivity contribution in [2.45, 2.75) is 31.5 Å². The molecule has 1 aliphatic rings. The normalized spacial score (nSPS) is 19.2. The van der Waals surface area contributed by atoms with E-state index < -0.39 is 11.6 Å². The number of nitrogens with zero attached hydrogens (tertiary/aromatic N) is 1. The van der Waals surface area contributed by atoms with E-state index in [1.165, 1.54) is 0 Å². The highest BCUT2D eigenvalue weighted by molar-refractivity contribution is 5.68. The van der Waals surface area contributed by atoms with Crippen LogP contribution in [0.5, 0.6) is 0 Å². The number of carbonyl (C=O) groups is 1. The molecule has 0 aromatic heterocycles. The molecule has 4 nitrogen and oxygen atoms in total. The Morgan fingerprint density at radius 3 is 2.53 bits per heavy atom. The largest absolute Gasteiger partial charge is 0.481 e. The Morgan fingerprint density at radius 1 is 1.32 bits per heavy atom. The number of hydrogen-bond donors (Lipinski definition) is 1. The quantitative estimate of drug-likeness (QED) is 0.884. The Kier molecular flexibility index (Phi) is 4.56. The van der Waals surface area contributed by atoms with Crippen LogP contribution in [-0.2, 0) is 16.1 Å². The molecule has 0 unspecified atom stereocenters. The number of hydrogen-bond acceptors (Lipinski definition) is 3. The molecule has 0 bridgehead atoms. The van der Waals surface area contributed by atoms with Crippen molar-refractivity contribution in [3.63, 3.8) is 0 Å². The molecule has 1 saturated heterocycles. The summed E-state index contributed by atoms with van der Waals surface area (Å²) < 4.78 is 6.01. The van der Waals surface area contributed by atoms with E-state index in [1.54, 1.807) is 0 Å². The number of carboxylic acid groups (broad SMARTS) is 1. The van der Waals surface area contributed by atoms with Gasteiger partial charge in [-0.3, -0.25) is 4.79 Å². The van der Waals surface area contributed by atoms with Gasteiger partial charge in [-0.05, 0) is 25.5 Å². The van der Waals surface area contributed by atoms with Crippen LogP contribution < -0.4 is 0 Å². The first-order valence-corrected chi connectivity index (χ1v) is 6.68. The average molecular weight is 263 g/mol. The number of rotatable bonds is 5. The van der Waals surface area contributed by atoms with Gasteiger partial charge >= 0.3 is 5.97 Å². The van der Waals surface area contributed by atoms with Crippen molar-refractivity contribution in [2.24, 2.45) is 0 Å². The lowest BCUT2D eigenvalue weighted by atomic mass is 9.88. The van der Waals surface area contributed by atoms with Gasteiger partial charge in [0.1, 0.15) is 0 Å². The topological polar surface area (TPSA) is 49.8 Å². The molecule has 1 aliphatic heterocycles. The van der Waals surface area contributed by atoms with E-state index in [2.05, 4.69) is 11.9 Å². The Labute approximate surface area is 114 Å². The molecule has 1 aromatic rings. The lowest BCUT2D eigenvalue weighted by Gasteiger charge is -2.39. The van der Waals surface area contributed by atoms with Crippen molar-refractivity contribution in [2.75, 3.05) is 20.1 Å². The maximum atomic E-state index is 11.1. The minimum Gasteiger partial charge on any atom is -0.481 e. The number of aliphatic carboxylic acids is 1. The molecule has 104 valence electrons. The molecule has 0 spiro atoms. The van der Waals surface area contributed by atoms with Crippen molar-refractivity contribution in [1.82, 2.24) is 4.90 Å². The van der Waals surface area contributed by atoms with Crippen molar-refractivity contribution in [3.8, 4) is 0 Å². The molecule has 0 amide bonds. The summed E-state index contributed by atoms with van der Waals surface area (Å²) in [5, 5.41) is 9.10. The summed E-state index contributed by atoms with van der Waals surface area (Å²) in [6.07, 6.45) is 1.65. The van der Waals surface area contributed by atoms with E-state index in [-0.39, 0.29) is 6.42 Å². The minimum atomic E-state index is -0.780. The van der Waals surface area contributed by atoms with Crippen molar-refractivity contribution >= 4 is 5.97 Å². The van der Waals surface area contributed by atoms with Gasteiger partial charge in [-0.1, -0.05) is 30.3 Å². The number of likely N-dealkylation sites (tertiary alicyclic amines) is 1. The van der Waals surface area contributed by atoms with E-state index in [1.807, 2.05) is 30.3 Å². The molecule has 1 aromatic carbocycles. The summed E-state index contributed by atoms with van der Waals surface area (Å²) in [5.74, 6) is -0.780. The lowest BCUT2D eigenvalue weighted by molar-refractivity contribution is -0.151. The van der Waals surface area contributed by atoms with Gasteiger partial charge < -0.3 is 14.7 Å². The van der Waals surface area contributed by atoms with Gasteiger partial charge in [0.2, 0.25) is 0 Å². The first-order valence-electron chi connectivity index (χ1n) is 6.68. The van der Waals surface area contributed by atoms with Crippen LogP contribution in [-0.4, -0.2) is 41.7 Å². The van der Waals surface area contributed by atoms with Gasteiger partial charge in [0, 0.05) is 13.1 Å². The molecule has 0 saturated carbocycles. The Balaban J connectivity index is 2.00. The van der Waals surface area contributed by atoms with E-state index >= 15 is 0 Å². The molecule has 0 atom stereocenters. The summed E-state index contributed by atoms with van der Waals surface area (Å²) in [5.41, 5.74) is 0.583. The van der Waals surface area contributed by atoms with Crippen LogP contribution >= 0.6 is 0 Å². The molecule has 0 aliphatic carbocycles. The zero-order valence-corrected chi connectivity index (χ0v) is 11.3. The molecule has 0 radical (unpaired) electrons. The minimum absolute atomic E-state index is 0.0909. The first-order chi connectivity index (χ1) is 9.10. The summed E-state index contributed by atoms with van der Waals surface area (Å²) >= 11 is 0. The monoisotopic (exact) mass is 263 g/mol. The van der Waals surface area contributed by atoms with E-state index in [9.17, 15) is 4.79 Å². The zero-order chi connectivity index (χ0) is 13.7. The summed E-state index contributed by atoms with van der Waals surface area (Å²) in [4.78, 5) is 13.3. The molecule has 1 fully saturated rings. The van der Waals surface area contributed by atoms with Crippen LogP contribution in [0.15, 0.2) is 30.3 Å². The van der Waals surface area contributed by atoms with Crippen molar-refractivity contribution in [1.29, 1.82) is 0 Å². The molecule has 1 heterocycles. The highest BCUT2D eigenvalue weighted by Gasteiger charge is 2.36. The van der Waals surface area contributed by atoms with Gasteiger partial charge in [0.25, 0.3) is 0 Å². The summed E-state index contributed by atoms with van der Waals surface area (Å²) in [6, 6.07) is 9.91. The van der Waals surface area contributed by atoms with Crippen LogP contribution in [0.3, 0.4) is 0 Å². The van der Waals surface area contributed by atoms with E-state index in [0.717, 1.165) is 31.5 Å². The lowest BCUT2D eigenvalue weighted by Crippen LogP contribution is -2.46. The highest BCUT2D eigenvalue weighted by Crippen LogP contribution is 2.30. The third-order valence-electron chi connectivity index (χ3n) is 3.76. The average Bonchev–Trinajstić information content (AvgIpc) is 2.41. The first kappa shape index (κ1) is 14.0. The molecular weight excluding hydrogens is 242 g/mol. The van der Waals surface area contributed by atoms with Crippen LogP contribution in [0.2, 0.25) is 0 Å². The third kappa shape index (κ3) is 4.04. The summed E-state index contributed by atoms with van der Waals surface area (Å²) in [6.45, 7) is 2.27. The predicted octanol–water partition coefficient (Wildman–Crippen LogP) is 2.14. The highest BCUT2D eigenvalue weighted by atomic mass is 16.5. The molecule has 4 heteroatoms. The van der Waals surface area contributed by atoms with Crippen LogP contribution in [0.25, 0.3) is 0 Å². The standard InChI is InChI=1S/C15H21NO3/c1-16-9-7-15(8-10-16,11-14(17)18)19-12-13-5-3-2-4-6-13/h2-6H,7-12H2,1H3,(H,17,18). The van der Waals surface area contributed by atoms with Crippen molar-refractivity contribution < 1.29 is 14.6 Å². The second-order valence-corrected chi connectivity index (χ2v) is 5.33. The van der Waals surface area contributed by atoms with Crippen molar-refractivity contribution in [3.05, 3.63) is 35.9 Å². The SMILES string of the molecule is CN1CCC(CC(=O)O)(OCc2ccccc2)CC1. The van der Waals surface area contributed by atoms with E-state index in [4.69, 9.17) is 9.84 Å². The fourth-order valence-corrected chi connectivity index (χ4v) is 2.48. The Bertz CT molecular complexity index is 411. The molecule has 2 rings (SSSR count).